The van der Waals surface area contributed by atoms with Crippen LogP contribution >= 0.6 is 7.14 Å². The maximum absolute atomic E-state index is 10.9. The molecule has 56 valence electrons. The monoisotopic (exact) mass is 174 g/mol. The molecule has 0 radical (unpaired) electrons. The molecular formula is C5H12NaO3P. The predicted molar refractivity (Wildman–Crippen MR) is 37.7 cm³/mol. The zero-order valence-corrected chi connectivity index (χ0v) is 9.52. The molecule has 0 rings (SSSR count). The fourth-order valence-corrected chi connectivity index (χ4v) is 1.09. The van der Waals surface area contributed by atoms with Gasteiger partial charge in [-0.3, -0.25) is 4.79 Å². The third-order valence-corrected chi connectivity index (χ3v) is 2.16. The van der Waals surface area contributed by atoms with Gasteiger partial charge in [0.25, 0.3) is 0 Å². The molecule has 0 spiro atoms. The van der Waals surface area contributed by atoms with Crippen LogP contribution in [0.2, 0.25) is 0 Å². The number of carboxylic acids is 1. The molecule has 0 aromatic carbocycles. The second-order valence-electron chi connectivity index (χ2n) is 2.44. The molecule has 3 nitrogen and oxygen atoms in total. The molecule has 0 amide bonds. The quantitative estimate of drug-likeness (QED) is 0.405. The molecule has 10 heavy (non-hydrogen) atoms. The smallest absolute Gasteiger partial charge is 1.00 e. The van der Waals surface area contributed by atoms with E-state index in [1.165, 1.54) is 0 Å². The van der Waals surface area contributed by atoms with Crippen molar-refractivity contribution >= 4 is 13.1 Å². The van der Waals surface area contributed by atoms with E-state index in [4.69, 9.17) is 5.11 Å². The molecule has 0 saturated heterocycles. The Morgan fingerprint density at radius 3 is 2.10 bits per heavy atom. The van der Waals surface area contributed by atoms with Crippen LogP contribution < -0.4 is 29.6 Å². The first kappa shape index (κ1) is 13.3. The van der Waals surface area contributed by atoms with Crippen LogP contribution in [0.25, 0.3) is 0 Å². The molecule has 0 aromatic heterocycles. The summed E-state index contributed by atoms with van der Waals surface area (Å²) in [5.41, 5.74) is 0. The van der Waals surface area contributed by atoms with Crippen LogP contribution in [0, 0.1) is 0 Å². The van der Waals surface area contributed by atoms with E-state index in [1.807, 2.05) is 0 Å². The summed E-state index contributed by atoms with van der Waals surface area (Å²) in [6, 6.07) is 0. The van der Waals surface area contributed by atoms with E-state index in [9.17, 15) is 9.36 Å². The Morgan fingerprint density at radius 1 is 1.60 bits per heavy atom. The molecule has 0 atom stereocenters. The van der Waals surface area contributed by atoms with E-state index < -0.39 is 13.1 Å². The third kappa shape index (κ3) is 11.5. The number of rotatable bonds is 3. The van der Waals surface area contributed by atoms with Crippen LogP contribution in [-0.4, -0.2) is 30.6 Å². The molecule has 1 N–H and O–H groups in total. The number of carboxylic acid groups (broad SMARTS) is 1. The van der Waals surface area contributed by atoms with Crippen LogP contribution in [0.1, 0.15) is 7.85 Å². The van der Waals surface area contributed by atoms with Gasteiger partial charge < -0.3 is 11.1 Å². The molecule has 0 heterocycles. The van der Waals surface area contributed by atoms with Crippen molar-refractivity contribution in [1.29, 1.82) is 0 Å². The molecule has 0 aliphatic carbocycles. The average molecular weight is 174 g/mol. The van der Waals surface area contributed by atoms with E-state index in [0.717, 1.165) is 0 Å². The number of carbonyl (C=O) groups is 1. The van der Waals surface area contributed by atoms with Gasteiger partial charge in [0.05, 0.1) is 13.6 Å². The minimum Gasteiger partial charge on any atom is -1.00 e. The van der Waals surface area contributed by atoms with Gasteiger partial charge in [0.15, 0.2) is 0 Å². The van der Waals surface area contributed by atoms with Gasteiger partial charge in [0.1, 0.15) is 0 Å². The van der Waals surface area contributed by atoms with Crippen LogP contribution in [0.5, 0.6) is 0 Å². The fraction of sp³-hybridized carbons (Fsp3) is 0.800. The summed E-state index contributed by atoms with van der Waals surface area (Å²) in [5.74, 6) is -0.876. The van der Waals surface area contributed by atoms with Crippen molar-refractivity contribution in [1.82, 2.24) is 0 Å². The van der Waals surface area contributed by atoms with E-state index in [1.54, 1.807) is 13.3 Å². The van der Waals surface area contributed by atoms with Crippen LogP contribution in [0.4, 0.5) is 0 Å². The van der Waals surface area contributed by atoms with Gasteiger partial charge in [-0.2, -0.15) is 0 Å². The fourth-order valence-electron chi connectivity index (χ4n) is 0.365. The molecule has 0 aliphatic heterocycles. The second kappa shape index (κ2) is 5.36. The second-order valence-corrected chi connectivity index (χ2v) is 6.04. The first-order valence-electron chi connectivity index (χ1n) is 2.67. The largest absolute Gasteiger partial charge is 1.00 e. The summed E-state index contributed by atoms with van der Waals surface area (Å²) in [5, 5.41) is 8.16. The summed E-state index contributed by atoms with van der Waals surface area (Å²) >= 11 is 0. The Hall–Kier alpha value is 0.700. The first-order valence-corrected chi connectivity index (χ1v) is 5.46. The standard InChI is InChI=1S/C5H11O3P.Na.H/c1-9(2,8)4-3-5(6)7;;/h3-4H2,1-2H3,(H,6,7);;/q;+1;-1. The van der Waals surface area contributed by atoms with Gasteiger partial charge in [0, 0.05) is 6.16 Å². The van der Waals surface area contributed by atoms with Crippen LogP contribution in [-0.2, 0) is 9.36 Å². The number of hydrogen-bond donors (Lipinski definition) is 1. The van der Waals surface area contributed by atoms with Crippen molar-refractivity contribution < 1.29 is 45.5 Å². The van der Waals surface area contributed by atoms with Crippen molar-refractivity contribution in [2.75, 3.05) is 19.5 Å². The van der Waals surface area contributed by atoms with Crippen molar-refractivity contribution in [3.05, 3.63) is 0 Å². The Balaban J connectivity index is -0.000000320. The minimum atomic E-state index is -2.10. The summed E-state index contributed by atoms with van der Waals surface area (Å²) in [4.78, 5) is 9.92. The zero-order chi connectivity index (χ0) is 7.49. The van der Waals surface area contributed by atoms with Crippen molar-refractivity contribution in [3.63, 3.8) is 0 Å². The Bertz CT molecular complexity index is 156. The SMILES string of the molecule is CP(C)(=O)CCC(=O)O.[H-].[Na+]. The predicted octanol–water partition coefficient (Wildman–Crippen LogP) is -1.80. The van der Waals surface area contributed by atoms with Gasteiger partial charge in [-0.15, -0.1) is 0 Å². The van der Waals surface area contributed by atoms with Gasteiger partial charge in [-0.25, -0.2) is 0 Å². The zero-order valence-electron chi connectivity index (χ0n) is 7.63. The minimum absolute atomic E-state index is 0. The molecule has 0 aromatic rings. The van der Waals surface area contributed by atoms with E-state index >= 15 is 0 Å². The normalized spacial score (nSPS) is 10.2. The Morgan fingerprint density at radius 2 is 2.00 bits per heavy atom. The molecule has 0 bridgehead atoms. The summed E-state index contributed by atoms with van der Waals surface area (Å²) in [6.45, 7) is 3.19. The molecular weight excluding hydrogens is 162 g/mol. The molecule has 0 saturated carbocycles. The molecule has 5 heteroatoms. The van der Waals surface area contributed by atoms with Crippen molar-refractivity contribution in [2.24, 2.45) is 0 Å². The Kier molecular flexibility index (Phi) is 7.13. The topological polar surface area (TPSA) is 54.4 Å². The third-order valence-electron chi connectivity index (χ3n) is 0.864. The molecule has 0 unspecified atom stereocenters. The van der Waals surface area contributed by atoms with E-state index in [-0.39, 0.29) is 37.4 Å². The van der Waals surface area contributed by atoms with Gasteiger partial charge in [0.2, 0.25) is 0 Å². The van der Waals surface area contributed by atoms with Gasteiger partial charge in [-0.05, 0) is 13.3 Å². The van der Waals surface area contributed by atoms with E-state index in [0.29, 0.717) is 6.16 Å². The Labute approximate surface area is 84.3 Å². The van der Waals surface area contributed by atoms with Gasteiger partial charge >= 0.3 is 35.5 Å². The first-order chi connectivity index (χ1) is 3.92. The van der Waals surface area contributed by atoms with E-state index in [2.05, 4.69) is 0 Å². The maximum Gasteiger partial charge on any atom is 1.00 e. The average Bonchev–Trinajstić information content (AvgIpc) is 1.59. The number of hydrogen-bond acceptors (Lipinski definition) is 2. The summed E-state index contributed by atoms with van der Waals surface area (Å²) in [7, 11) is -2.10. The number of aliphatic carboxylic acids is 1. The van der Waals surface area contributed by atoms with Crippen LogP contribution in [0.3, 0.4) is 0 Å². The summed E-state index contributed by atoms with van der Waals surface area (Å²) < 4.78 is 10.9. The molecule has 0 aliphatic rings. The van der Waals surface area contributed by atoms with Crippen LogP contribution in [0.15, 0.2) is 0 Å². The van der Waals surface area contributed by atoms with Crippen molar-refractivity contribution in [2.45, 2.75) is 6.42 Å². The summed E-state index contributed by atoms with van der Waals surface area (Å²) in [6.07, 6.45) is 0.326. The van der Waals surface area contributed by atoms with Crippen molar-refractivity contribution in [3.8, 4) is 0 Å². The molecule has 0 fully saturated rings. The van der Waals surface area contributed by atoms with Gasteiger partial charge in [-0.1, -0.05) is 0 Å². The maximum atomic E-state index is 10.9.